The van der Waals surface area contributed by atoms with Crippen molar-refractivity contribution in [3.05, 3.63) is 47.5 Å². The molecule has 0 saturated carbocycles. The van der Waals surface area contributed by atoms with Crippen LogP contribution in [0.3, 0.4) is 0 Å². The van der Waals surface area contributed by atoms with Crippen molar-refractivity contribution in [2.45, 2.75) is 18.8 Å². The van der Waals surface area contributed by atoms with Crippen LogP contribution in [0.2, 0.25) is 0 Å². The maximum Gasteiger partial charge on any atom is 0.416 e. The molecule has 0 bridgehead atoms. The zero-order valence-corrected chi connectivity index (χ0v) is 10.0. The Morgan fingerprint density at radius 2 is 1.95 bits per heavy atom. The topological polar surface area (TPSA) is 74.7 Å². The van der Waals surface area contributed by atoms with Gasteiger partial charge in [-0.05, 0) is 17.7 Å². The largest absolute Gasteiger partial charge is 0.416 e. The number of aliphatic hydroxyl groups is 1. The van der Waals surface area contributed by atoms with Crippen LogP contribution in [0, 0.1) is 11.3 Å². The Morgan fingerprint density at radius 3 is 2.45 bits per heavy atom. The summed E-state index contributed by atoms with van der Waals surface area (Å²) in [7, 11) is 0. The smallest absolute Gasteiger partial charge is 0.386 e. The first-order valence-electron chi connectivity index (χ1n) is 5.55. The predicted molar refractivity (Wildman–Crippen MR) is 61.1 cm³/mol. The molecule has 104 valence electrons. The molecule has 1 N–H and O–H groups in total. The zero-order chi connectivity index (χ0) is 14.8. The first-order valence-corrected chi connectivity index (χ1v) is 5.55. The highest BCUT2D eigenvalue weighted by molar-refractivity contribution is 5.26. The van der Waals surface area contributed by atoms with Gasteiger partial charge in [0.1, 0.15) is 12.4 Å². The van der Waals surface area contributed by atoms with E-state index in [9.17, 15) is 18.3 Å². The molecule has 2 rings (SSSR count). The second kappa shape index (κ2) is 5.30. The highest BCUT2D eigenvalue weighted by Gasteiger charge is 2.30. The fourth-order valence-corrected chi connectivity index (χ4v) is 1.61. The summed E-state index contributed by atoms with van der Waals surface area (Å²) in [5.41, 5.74) is -0.451. The van der Waals surface area contributed by atoms with Gasteiger partial charge in [0.05, 0.1) is 18.2 Å². The van der Waals surface area contributed by atoms with E-state index in [1.165, 1.54) is 23.1 Å². The molecule has 0 spiro atoms. The van der Waals surface area contributed by atoms with Crippen LogP contribution in [0.5, 0.6) is 0 Å². The number of aliphatic hydroxyl groups excluding tert-OH is 1. The number of rotatable bonds is 3. The molecular weight excluding hydrogens is 273 g/mol. The molecule has 2 aromatic rings. The Hall–Kier alpha value is -2.40. The molecular formula is C12H9F3N4O. The minimum absolute atomic E-state index is 0.0000442. The predicted octanol–water partition coefficient (Wildman–Crippen LogP) is 1.90. The first-order chi connectivity index (χ1) is 9.40. The van der Waals surface area contributed by atoms with Crippen LogP contribution >= 0.6 is 0 Å². The van der Waals surface area contributed by atoms with Crippen molar-refractivity contribution in [3.63, 3.8) is 0 Å². The van der Waals surface area contributed by atoms with Gasteiger partial charge in [-0.2, -0.15) is 18.4 Å². The number of nitrogens with zero attached hydrogens (tertiary/aromatic N) is 4. The van der Waals surface area contributed by atoms with E-state index in [0.717, 1.165) is 12.1 Å². The molecule has 5 nitrogen and oxygen atoms in total. The van der Waals surface area contributed by atoms with E-state index < -0.39 is 17.8 Å². The summed E-state index contributed by atoms with van der Waals surface area (Å²) in [4.78, 5) is 3.66. The minimum Gasteiger partial charge on any atom is -0.386 e. The molecule has 1 atom stereocenters. The summed E-state index contributed by atoms with van der Waals surface area (Å²) in [6.45, 7) is 0.0000442. The Bertz CT molecular complexity index is 627. The van der Waals surface area contributed by atoms with E-state index in [1.54, 1.807) is 6.07 Å². The maximum absolute atomic E-state index is 12.4. The van der Waals surface area contributed by atoms with Gasteiger partial charge in [0.25, 0.3) is 5.82 Å². The molecule has 0 amide bonds. The van der Waals surface area contributed by atoms with E-state index in [2.05, 4.69) is 10.1 Å². The average Bonchev–Trinajstić information content (AvgIpc) is 2.85. The van der Waals surface area contributed by atoms with E-state index in [4.69, 9.17) is 5.26 Å². The average molecular weight is 282 g/mol. The van der Waals surface area contributed by atoms with Gasteiger partial charge in [0, 0.05) is 0 Å². The molecule has 0 aliphatic rings. The van der Waals surface area contributed by atoms with Crippen LogP contribution in [0.15, 0.2) is 30.6 Å². The van der Waals surface area contributed by atoms with Crippen LogP contribution in [0.25, 0.3) is 0 Å². The molecule has 0 saturated heterocycles. The summed E-state index contributed by atoms with van der Waals surface area (Å²) in [5.74, 6) is -0.0374. The fraction of sp³-hybridized carbons (Fsp3) is 0.250. The lowest BCUT2D eigenvalue weighted by Crippen LogP contribution is -2.10. The Morgan fingerprint density at radius 1 is 1.30 bits per heavy atom. The summed E-state index contributed by atoms with van der Waals surface area (Å²) in [6.07, 6.45) is -4.17. The summed E-state index contributed by atoms with van der Waals surface area (Å²) < 4.78 is 38.4. The van der Waals surface area contributed by atoms with Crippen LogP contribution in [-0.4, -0.2) is 19.9 Å². The van der Waals surface area contributed by atoms with Gasteiger partial charge in [-0.1, -0.05) is 12.1 Å². The first kappa shape index (κ1) is 14.0. The third-order valence-electron chi connectivity index (χ3n) is 2.62. The van der Waals surface area contributed by atoms with Gasteiger partial charge in [-0.25, -0.2) is 9.67 Å². The van der Waals surface area contributed by atoms with Crippen LogP contribution in [-0.2, 0) is 12.7 Å². The molecule has 8 heteroatoms. The normalized spacial score (nSPS) is 12.9. The SMILES string of the molecule is N#Cc1ncn(C[C@@H](O)c2ccc(C(F)(F)F)cc2)n1. The van der Waals surface area contributed by atoms with Crippen LogP contribution in [0.1, 0.15) is 23.1 Å². The second-order valence-electron chi connectivity index (χ2n) is 4.04. The summed E-state index contributed by atoms with van der Waals surface area (Å²) in [5, 5.41) is 22.2. The van der Waals surface area contributed by atoms with E-state index in [0.29, 0.717) is 5.56 Å². The van der Waals surface area contributed by atoms with Crippen molar-refractivity contribution >= 4 is 0 Å². The lowest BCUT2D eigenvalue weighted by Gasteiger charge is -2.12. The molecule has 1 aromatic carbocycles. The molecule has 0 aliphatic carbocycles. The number of nitriles is 1. The van der Waals surface area contributed by atoms with Gasteiger partial charge >= 0.3 is 6.18 Å². The molecule has 1 aromatic heterocycles. The van der Waals surface area contributed by atoms with E-state index in [1.807, 2.05) is 0 Å². The van der Waals surface area contributed by atoms with Gasteiger partial charge in [0.2, 0.25) is 0 Å². The molecule has 0 fully saturated rings. The number of halogens is 3. The van der Waals surface area contributed by atoms with Crippen LogP contribution in [0.4, 0.5) is 13.2 Å². The van der Waals surface area contributed by atoms with Crippen molar-refractivity contribution < 1.29 is 18.3 Å². The third-order valence-corrected chi connectivity index (χ3v) is 2.62. The van der Waals surface area contributed by atoms with E-state index in [-0.39, 0.29) is 12.4 Å². The van der Waals surface area contributed by atoms with E-state index >= 15 is 0 Å². The van der Waals surface area contributed by atoms with Crippen LogP contribution < -0.4 is 0 Å². The van der Waals surface area contributed by atoms with Crippen molar-refractivity contribution in [2.24, 2.45) is 0 Å². The van der Waals surface area contributed by atoms with Crippen molar-refractivity contribution in [1.82, 2.24) is 14.8 Å². The van der Waals surface area contributed by atoms with Gasteiger partial charge in [-0.3, -0.25) is 0 Å². The number of hydrogen-bond acceptors (Lipinski definition) is 4. The van der Waals surface area contributed by atoms with Crippen molar-refractivity contribution in [1.29, 1.82) is 5.26 Å². The van der Waals surface area contributed by atoms with Gasteiger partial charge in [0.15, 0.2) is 0 Å². The maximum atomic E-state index is 12.4. The third kappa shape index (κ3) is 3.13. The standard InChI is InChI=1S/C12H9F3N4O/c13-12(14,15)9-3-1-8(2-4-9)10(20)6-19-7-17-11(5-16)18-19/h1-4,7,10,20H,6H2/t10-/m1/s1. The molecule has 20 heavy (non-hydrogen) atoms. The lowest BCUT2D eigenvalue weighted by atomic mass is 10.1. The molecule has 1 heterocycles. The fourth-order valence-electron chi connectivity index (χ4n) is 1.61. The number of benzene rings is 1. The van der Waals surface area contributed by atoms with Crippen molar-refractivity contribution in [2.75, 3.05) is 0 Å². The second-order valence-corrected chi connectivity index (χ2v) is 4.04. The monoisotopic (exact) mass is 282 g/mol. The molecule has 0 radical (unpaired) electrons. The molecule has 0 aliphatic heterocycles. The Labute approximate surface area is 111 Å². The number of aromatic nitrogens is 3. The zero-order valence-electron chi connectivity index (χ0n) is 10.0. The quantitative estimate of drug-likeness (QED) is 0.933. The van der Waals surface area contributed by atoms with Gasteiger partial charge < -0.3 is 5.11 Å². The lowest BCUT2D eigenvalue weighted by molar-refractivity contribution is -0.137. The number of hydrogen-bond donors (Lipinski definition) is 1. The minimum atomic E-state index is -4.41. The highest BCUT2D eigenvalue weighted by atomic mass is 19.4. The van der Waals surface area contributed by atoms with Gasteiger partial charge in [-0.15, -0.1) is 5.10 Å². The number of alkyl halides is 3. The molecule has 0 unspecified atom stereocenters. The summed E-state index contributed by atoms with van der Waals surface area (Å²) in [6, 6.07) is 5.95. The Balaban J connectivity index is 2.09. The summed E-state index contributed by atoms with van der Waals surface area (Å²) >= 11 is 0. The highest BCUT2D eigenvalue weighted by Crippen LogP contribution is 2.30. The Kier molecular flexibility index (Phi) is 3.72. The van der Waals surface area contributed by atoms with Crippen molar-refractivity contribution in [3.8, 4) is 6.07 Å².